The molecule has 0 spiro atoms. The van der Waals surface area contributed by atoms with Gasteiger partial charge in [-0.25, -0.2) is 9.97 Å². The first-order valence-electron chi connectivity index (χ1n) is 6.94. The van der Waals surface area contributed by atoms with Gasteiger partial charge in [-0.05, 0) is 23.6 Å². The largest absolute Gasteiger partial charge is 0.383 e. The van der Waals surface area contributed by atoms with Gasteiger partial charge in [0, 0.05) is 15.8 Å². The highest BCUT2D eigenvalue weighted by Crippen LogP contribution is 2.38. The number of anilines is 1. The van der Waals surface area contributed by atoms with Crippen molar-refractivity contribution in [3.63, 3.8) is 0 Å². The number of hydrogen-bond donors (Lipinski definition) is 1. The molecule has 0 bridgehead atoms. The minimum atomic E-state index is 0.607. The number of nitrogens with zero attached hydrogens (tertiary/aromatic N) is 2. The molecular formula is C15H17N3S3. The third-order valence-electron chi connectivity index (χ3n) is 3.17. The molecule has 0 amide bonds. The highest BCUT2D eigenvalue weighted by Gasteiger charge is 2.14. The van der Waals surface area contributed by atoms with Crippen LogP contribution < -0.4 is 5.73 Å². The van der Waals surface area contributed by atoms with Crippen LogP contribution in [0.4, 0.5) is 5.82 Å². The van der Waals surface area contributed by atoms with Crippen LogP contribution in [0.3, 0.4) is 0 Å². The number of thioether (sulfide) groups is 1. The zero-order valence-corrected chi connectivity index (χ0v) is 14.3. The van der Waals surface area contributed by atoms with Crippen LogP contribution in [0.15, 0.2) is 22.9 Å². The molecule has 6 heteroatoms. The lowest BCUT2D eigenvalue weighted by Gasteiger charge is -2.04. The van der Waals surface area contributed by atoms with Crippen molar-refractivity contribution in [1.82, 2.24) is 9.97 Å². The topological polar surface area (TPSA) is 51.8 Å². The van der Waals surface area contributed by atoms with E-state index in [4.69, 9.17) is 5.73 Å². The lowest BCUT2D eigenvalue weighted by atomic mass is 10.2. The van der Waals surface area contributed by atoms with Gasteiger partial charge in [0.15, 0.2) is 0 Å². The Hall–Kier alpha value is -1.11. The molecule has 0 atom stereocenters. The van der Waals surface area contributed by atoms with E-state index in [0.29, 0.717) is 5.82 Å². The smallest absolute Gasteiger partial charge is 0.142 e. The lowest BCUT2D eigenvalue weighted by Crippen LogP contribution is -1.99. The number of nitrogen functional groups attached to an aromatic ring is 1. The first-order chi connectivity index (χ1) is 10.3. The summed E-state index contributed by atoms with van der Waals surface area (Å²) < 4.78 is 0. The summed E-state index contributed by atoms with van der Waals surface area (Å²) in [4.78, 5) is 11.4. The first-order valence-corrected chi connectivity index (χ1v) is 9.86. The maximum atomic E-state index is 6.19. The molecule has 0 aliphatic heterocycles. The summed E-state index contributed by atoms with van der Waals surface area (Å²) in [6, 6.07) is 4.17. The summed E-state index contributed by atoms with van der Waals surface area (Å²) in [5.41, 5.74) is 7.35. The third kappa shape index (κ3) is 3.22. The third-order valence-corrected chi connectivity index (χ3v) is 5.98. The second kappa shape index (κ2) is 6.77. The van der Waals surface area contributed by atoms with E-state index in [-0.39, 0.29) is 0 Å². The maximum absolute atomic E-state index is 6.19. The standard InChI is InChI=1S/C15H17N3S3/c1-2-3-6-19-9-12-17-14(16)13-10(8-21-15(13)18-12)11-5-4-7-20-11/h4-5,7-8H,2-3,6,9H2,1H3,(H2,16,17,18). The van der Waals surface area contributed by atoms with Gasteiger partial charge < -0.3 is 5.73 Å². The van der Waals surface area contributed by atoms with Crippen molar-refractivity contribution in [2.24, 2.45) is 0 Å². The number of aromatic nitrogens is 2. The Kier molecular flexibility index (Phi) is 4.77. The van der Waals surface area contributed by atoms with E-state index in [1.165, 1.54) is 17.7 Å². The summed E-state index contributed by atoms with van der Waals surface area (Å²) in [5.74, 6) is 3.45. The summed E-state index contributed by atoms with van der Waals surface area (Å²) in [7, 11) is 0. The molecule has 110 valence electrons. The van der Waals surface area contributed by atoms with Gasteiger partial charge in [0.25, 0.3) is 0 Å². The first kappa shape index (κ1) is 14.8. The number of nitrogens with two attached hydrogens (primary N) is 1. The molecule has 3 aromatic rings. The average molecular weight is 336 g/mol. The quantitative estimate of drug-likeness (QED) is 0.642. The van der Waals surface area contributed by atoms with E-state index in [1.807, 2.05) is 11.8 Å². The molecule has 0 fully saturated rings. The van der Waals surface area contributed by atoms with Gasteiger partial charge in [-0.15, -0.1) is 22.7 Å². The zero-order chi connectivity index (χ0) is 14.7. The molecular weight excluding hydrogens is 318 g/mol. The van der Waals surface area contributed by atoms with E-state index in [9.17, 15) is 0 Å². The van der Waals surface area contributed by atoms with Crippen LogP contribution >= 0.6 is 34.4 Å². The summed E-state index contributed by atoms with van der Waals surface area (Å²) in [6.45, 7) is 2.21. The normalized spacial score (nSPS) is 11.3. The Morgan fingerprint density at radius 2 is 2.19 bits per heavy atom. The predicted molar refractivity (Wildman–Crippen MR) is 96.2 cm³/mol. The Morgan fingerprint density at radius 1 is 1.29 bits per heavy atom. The molecule has 3 aromatic heterocycles. The fraction of sp³-hybridized carbons (Fsp3) is 0.333. The van der Waals surface area contributed by atoms with Crippen LogP contribution in [0.1, 0.15) is 25.6 Å². The molecule has 0 unspecified atom stereocenters. The maximum Gasteiger partial charge on any atom is 0.142 e. The van der Waals surface area contributed by atoms with E-state index >= 15 is 0 Å². The van der Waals surface area contributed by atoms with Crippen LogP contribution in [-0.2, 0) is 5.75 Å². The Morgan fingerprint density at radius 3 is 2.95 bits per heavy atom. The number of unbranched alkanes of at least 4 members (excludes halogenated alkanes) is 1. The summed E-state index contributed by atoms with van der Waals surface area (Å²) >= 11 is 5.25. The van der Waals surface area contributed by atoms with Gasteiger partial charge >= 0.3 is 0 Å². The molecule has 21 heavy (non-hydrogen) atoms. The number of fused-ring (bicyclic) bond motifs is 1. The highest BCUT2D eigenvalue weighted by atomic mass is 32.2. The van der Waals surface area contributed by atoms with Crippen molar-refractivity contribution in [3.05, 3.63) is 28.7 Å². The van der Waals surface area contributed by atoms with Crippen molar-refractivity contribution in [1.29, 1.82) is 0 Å². The molecule has 0 saturated heterocycles. The SMILES string of the molecule is CCCCSCc1nc(N)c2c(-c3cccs3)csc2n1. The molecule has 0 radical (unpaired) electrons. The monoisotopic (exact) mass is 335 g/mol. The fourth-order valence-corrected chi connectivity index (χ4v) is 4.84. The molecule has 2 N–H and O–H groups in total. The Bertz CT molecular complexity index is 719. The van der Waals surface area contributed by atoms with Gasteiger partial charge in [-0.3, -0.25) is 0 Å². The van der Waals surface area contributed by atoms with Crippen molar-refractivity contribution in [3.8, 4) is 10.4 Å². The van der Waals surface area contributed by atoms with Crippen LogP contribution in [0.25, 0.3) is 20.7 Å². The van der Waals surface area contributed by atoms with E-state index in [2.05, 4.69) is 39.8 Å². The Labute approximate surface area is 136 Å². The van der Waals surface area contributed by atoms with Crippen molar-refractivity contribution in [2.45, 2.75) is 25.5 Å². The van der Waals surface area contributed by atoms with Crippen molar-refractivity contribution >= 4 is 50.5 Å². The number of thiophene rings is 2. The summed E-state index contributed by atoms with van der Waals surface area (Å²) in [6.07, 6.45) is 2.47. The molecule has 0 saturated carbocycles. The number of rotatable bonds is 6. The second-order valence-corrected chi connectivity index (χ2v) is 7.65. The van der Waals surface area contributed by atoms with Gasteiger partial charge in [0.05, 0.1) is 11.1 Å². The molecule has 0 aliphatic rings. The molecule has 3 rings (SSSR count). The number of hydrogen-bond acceptors (Lipinski definition) is 6. The minimum Gasteiger partial charge on any atom is -0.383 e. The van der Waals surface area contributed by atoms with E-state index < -0.39 is 0 Å². The van der Waals surface area contributed by atoms with Crippen molar-refractivity contribution < 1.29 is 0 Å². The van der Waals surface area contributed by atoms with Crippen LogP contribution in [-0.4, -0.2) is 15.7 Å². The molecule has 3 heterocycles. The van der Waals surface area contributed by atoms with Gasteiger partial charge in [-0.1, -0.05) is 19.4 Å². The minimum absolute atomic E-state index is 0.607. The van der Waals surface area contributed by atoms with E-state index in [0.717, 1.165) is 33.1 Å². The van der Waals surface area contributed by atoms with Crippen LogP contribution in [0.5, 0.6) is 0 Å². The Balaban J connectivity index is 1.88. The van der Waals surface area contributed by atoms with Gasteiger partial charge in [0.1, 0.15) is 16.5 Å². The van der Waals surface area contributed by atoms with Crippen LogP contribution in [0, 0.1) is 0 Å². The lowest BCUT2D eigenvalue weighted by molar-refractivity contribution is 0.895. The fourth-order valence-electron chi connectivity index (χ4n) is 2.10. The van der Waals surface area contributed by atoms with E-state index in [1.54, 1.807) is 22.7 Å². The van der Waals surface area contributed by atoms with Gasteiger partial charge in [-0.2, -0.15) is 11.8 Å². The zero-order valence-electron chi connectivity index (χ0n) is 11.8. The molecule has 0 aromatic carbocycles. The second-order valence-electron chi connectivity index (χ2n) is 4.74. The van der Waals surface area contributed by atoms with Crippen molar-refractivity contribution in [2.75, 3.05) is 11.5 Å². The molecule has 0 aliphatic carbocycles. The molecule has 3 nitrogen and oxygen atoms in total. The van der Waals surface area contributed by atoms with Crippen LogP contribution in [0.2, 0.25) is 0 Å². The highest BCUT2D eigenvalue weighted by molar-refractivity contribution is 7.98. The predicted octanol–water partition coefficient (Wildman–Crippen LogP) is 5.04. The average Bonchev–Trinajstić information content (AvgIpc) is 3.12. The van der Waals surface area contributed by atoms with Gasteiger partial charge in [0.2, 0.25) is 0 Å². The summed E-state index contributed by atoms with van der Waals surface area (Å²) in [5, 5.41) is 5.22.